The normalized spacial score (nSPS) is 13.4. The van der Waals surface area contributed by atoms with Crippen molar-refractivity contribution in [1.29, 1.82) is 0 Å². The first-order valence-corrected chi connectivity index (χ1v) is 30.5. The van der Waals surface area contributed by atoms with Crippen LogP contribution in [0.15, 0.2) is 214 Å². The quantitative estimate of drug-likeness (QED) is 0.160. The zero-order valence-electron chi connectivity index (χ0n) is 52.3. The van der Waals surface area contributed by atoms with E-state index in [2.05, 4.69) is 82.4 Å². The lowest BCUT2D eigenvalue weighted by atomic mass is 9.97. The molecule has 2 unspecified atom stereocenters. The number of benzene rings is 7. The molecule has 0 amide bonds. The Morgan fingerprint density at radius 3 is 1.63 bits per heavy atom. The second-order valence-corrected chi connectivity index (χ2v) is 16.8. The van der Waals surface area contributed by atoms with Crippen LogP contribution in [0.1, 0.15) is 145 Å². The van der Waals surface area contributed by atoms with Gasteiger partial charge in [-0.1, -0.05) is 238 Å². The zero-order valence-corrected chi connectivity index (χ0v) is 52.3. The van der Waals surface area contributed by atoms with E-state index in [-0.39, 0.29) is 12.0 Å². The molecule has 7 aromatic carbocycles. The molecule has 16 rings (SSSR count). The predicted molar refractivity (Wildman–Crippen MR) is 360 cm³/mol. The van der Waals surface area contributed by atoms with Gasteiger partial charge in [0.15, 0.2) is 17.3 Å². The van der Waals surface area contributed by atoms with Crippen molar-refractivity contribution in [3.05, 3.63) is 227 Å². The van der Waals surface area contributed by atoms with Crippen molar-refractivity contribution in [2.24, 2.45) is 20.0 Å². The first-order valence-electron chi connectivity index (χ1n) is 30.5. The third kappa shape index (κ3) is 14.9. The van der Waals surface area contributed by atoms with Gasteiger partial charge in [-0.15, -0.1) is 0 Å². The minimum absolute atomic E-state index is 0.0129. The molecule has 432 valence electrons. The summed E-state index contributed by atoms with van der Waals surface area (Å²) in [4.78, 5) is 49.6. The number of allylic oxidation sites excluding steroid dienone is 4. The Labute approximate surface area is 498 Å². The summed E-state index contributed by atoms with van der Waals surface area (Å²) in [5.41, 5.74) is 17.4. The maximum Gasteiger partial charge on any atom is 0.175 e. The third-order valence-electron chi connectivity index (χ3n) is 12.5. The number of aromatic nitrogens is 7. The summed E-state index contributed by atoms with van der Waals surface area (Å²) in [6.07, 6.45) is 9.09. The van der Waals surface area contributed by atoms with E-state index in [4.69, 9.17) is 15.0 Å². The fraction of sp³-hybridized carbons (Fsp3) is 0.260. The highest BCUT2D eigenvalue weighted by Crippen LogP contribution is 2.38. The van der Waals surface area contributed by atoms with Crippen molar-refractivity contribution in [3.8, 4) is 11.3 Å². The molecule has 0 fully saturated rings. The maximum atomic E-state index is 4.73. The highest BCUT2D eigenvalue weighted by Gasteiger charge is 2.29. The monoisotopic (exact) mass is 1120 g/mol. The lowest BCUT2D eigenvalue weighted by Crippen LogP contribution is -2.32. The molecule has 2 aliphatic carbocycles. The fourth-order valence-electron chi connectivity index (χ4n) is 9.24. The molecule has 5 aliphatic rings. The van der Waals surface area contributed by atoms with Crippen molar-refractivity contribution in [2.75, 3.05) is 0 Å². The number of rotatable bonds is 0. The number of para-hydroxylation sites is 10. The molecule has 0 saturated carbocycles. The second kappa shape index (κ2) is 34.3. The van der Waals surface area contributed by atoms with Gasteiger partial charge in [0, 0.05) is 28.5 Å². The average Bonchev–Trinajstić information content (AvgIpc) is 4.56. The first kappa shape index (κ1) is 65.6. The summed E-state index contributed by atoms with van der Waals surface area (Å²) in [6, 6.07) is 56.5. The van der Waals surface area contributed by atoms with E-state index in [0.29, 0.717) is 0 Å². The molecule has 0 bridgehead atoms. The van der Waals surface area contributed by atoms with Gasteiger partial charge in [-0.05, 0) is 72.3 Å². The molecule has 2 atom stereocenters. The van der Waals surface area contributed by atoms with Gasteiger partial charge in [-0.2, -0.15) is 0 Å². The summed E-state index contributed by atoms with van der Waals surface area (Å²) in [5.74, 6) is 1.76. The van der Waals surface area contributed by atoms with E-state index >= 15 is 0 Å². The summed E-state index contributed by atoms with van der Waals surface area (Å²) in [7, 11) is 0. The van der Waals surface area contributed by atoms with Crippen LogP contribution in [0.5, 0.6) is 0 Å². The van der Waals surface area contributed by atoms with E-state index < -0.39 is 0 Å². The van der Waals surface area contributed by atoms with Gasteiger partial charge in [0.05, 0.1) is 78.2 Å². The number of nitrogens with zero attached hydrogens (tertiary/aromatic N) is 10. The van der Waals surface area contributed by atoms with Crippen LogP contribution >= 0.6 is 0 Å². The highest BCUT2D eigenvalue weighted by molar-refractivity contribution is 6.08. The number of hydrogen-bond donors (Lipinski definition) is 1. The molecule has 11 aromatic rings. The van der Waals surface area contributed by atoms with Gasteiger partial charge in [0.1, 0.15) is 11.6 Å². The van der Waals surface area contributed by atoms with Crippen LogP contribution in [0, 0.1) is 0 Å². The zero-order chi connectivity index (χ0) is 61.0. The Hall–Kier alpha value is -9.22. The topological polar surface area (TPSA) is 143 Å². The standard InChI is InChI=1S/C15H10N2.3C14H9N3.8C2H6/c1-2-6-11-10(5-1)9-14-15(11)17-13-8-4-3-7-12(13)16-14;3*1-2-6-10-9(5-1)13-14(16-10)17-12-8-4-3-7-11(12)15-13;8*1-2/h1-8H,9H2;1-8H,(H,16,17);1-8,13H;1-9H;8*1-2H3. The number of nitrogens with one attached hydrogen (secondary N) is 1. The number of H-pyrrole nitrogens is 1. The smallest absolute Gasteiger partial charge is 0.175 e. The molecule has 1 N–H and O–H groups in total. The van der Waals surface area contributed by atoms with Crippen molar-refractivity contribution in [2.45, 2.75) is 129 Å². The van der Waals surface area contributed by atoms with Gasteiger partial charge in [-0.25, -0.2) is 44.9 Å². The molecule has 3 aliphatic heterocycles. The number of fused-ring (bicyclic) bond motifs is 16. The van der Waals surface area contributed by atoms with Gasteiger partial charge in [0.2, 0.25) is 0 Å². The third-order valence-corrected chi connectivity index (χ3v) is 12.5. The minimum Gasteiger partial charge on any atom is -0.338 e. The van der Waals surface area contributed by atoms with E-state index in [1.54, 1.807) is 0 Å². The average molecular weight is 1120 g/mol. The Morgan fingerprint density at radius 1 is 0.429 bits per heavy atom. The van der Waals surface area contributed by atoms with Crippen molar-refractivity contribution < 1.29 is 0 Å². The van der Waals surface area contributed by atoms with Crippen LogP contribution in [-0.4, -0.2) is 46.4 Å². The molecule has 7 heterocycles. The SMILES string of the molecule is C1=CC2=Nc3nc4ccccc4nc3C2C=C1.CC.CC.CC.CC.CC.CC.CC.CC.c1ccc2c(c1)Cc1nc3ccccc3nc1-2.c1ccc2c(c1)N=C1N=c3ccccc3=NC12.c1ccc2nc3c(nc2c1)[nH]c1ccccc13. The van der Waals surface area contributed by atoms with E-state index in [1.165, 1.54) is 11.1 Å². The second-order valence-electron chi connectivity index (χ2n) is 16.8. The Kier molecular flexibility index (Phi) is 26.8. The number of aromatic amines is 1. The Morgan fingerprint density at radius 2 is 0.952 bits per heavy atom. The van der Waals surface area contributed by atoms with Gasteiger partial charge < -0.3 is 4.98 Å². The molecule has 0 saturated heterocycles. The largest absolute Gasteiger partial charge is 0.338 e. The summed E-state index contributed by atoms with van der Waals surface area (Å²) in [5, 5.41) is 2.99. The number of aliphatic imine (C=N–C) groups is 2. The first-order chi connectivity index (χ1) is 41.7. The lowest BCUT2D eigenvalue weighted by molar-refractivity contribution is 0.894. The van der Waals surface area contributed by atoms with Gasteiger partial charge in [0.25, 0.3) is 0 Å². The van der Waals surface area contributed by atoms with E-state index in [9.17, 15) is 0 Å². The molecule has 0 radical (unpaired) electrons. The van der Waals surface area contributed by atoms with Gasteiger partial charge >= 0.3 is 0 Å². The summed E-state index contributed by atoms with van der Waals surface area (Å²) in [6.45, 7) is 32.0. The predicted octanol–water partition coefficient (Wildman–Crippen LogP) is 19.3. The Bertz CT molecular complexity index is 4110. The number of amidine groups is 1. The van der Waals surface area contributed by atoms with E-state index in [1.807, 2.05) is 262 Å². The van der Waals surface area contributed by atoms with Crippen molar-refractivity contribution in [3.63, 3.8) is 0 Å². The molecule has 4 aromatic heterocycles. The van der Waals surface area contributed by atoms with Crippen LogP contribution in [-0.2, 0) is 6.42 Å². The Balaban J connectivity index is 0.000000189. The highest BCUT2D eigenvalue weighted by atomic mass is 15.0. The van der Waals surface area contributed by atoms with Crippen LogP contribution in [0.2, 0.25) is 0 Å². The van der Waals surface area contributed by atoms with Crippen LogP contribution in [0.3, 0.4) is 0 Å². The van der Waals surface area contributed by atoms with Gasteiger partial charge in [-0.3, -0.25) is 4.99 Å². The van der Waals surface area contributed by atoms with Crippen molar-refractivity contribution >= 4 is 78.2 Å². The number of hydrogen-bond acceptors (Lipinski definition) is 10. The molecular weight excluding hydrogens is 1030 g/mol. The summed E-state index contributed by atoms with van der Waals surface area (Å²) < 4.78 is 0. The molecule has 11 heteroatoms. The maximum absolute atomic E-state index is 4.73. The molecule has 0 spiro atoms. The van der Waals surface area contributed by atoms with Crippen LogP contribution in [0.4, 0.5) is 11.5 Å². The van der Waals surface area contributed by atoms with Crippen LogP contribution in [0.25, 0.3) is 66.4 Å². The van der Waals surface area contributed by atoms with Crippen LogP contribution < -0.4 is 10.7 Å². The van der Waals surface area contributed by atoms with Crippen molar-refractivity contribution in [1.82, 2.24) is 34.9 Å². The molecule has 11 nitrogen and oxygen atoms in total. The van der Waals surface area contributed by atoms with E-state index in [0.717, 1.165) is 118 Å². The molecule has 84 heavy (non-hydrogen) atoms. The minimum atomic E-state index is -0.0129. The lowest BCUT2D eigenvalue weighted by Gasteiger charge is -2.09. The molecular formula is C73H85N11. The summed E-state index contributed by atoms with van der Waals surface area (Å²) >= 11 is 0. The fourth-order valence-corrected chi connectivity index (χ4v) is 9.24.